The van der Waals surface area contributed by atoms with Crippen LogP contribution >= 0.6 is 0 Å². The molecule has 0 unspecified atom stereocenters. The second kappa shape index (κ2) is 4.95. The van der Waals surface area contributed by atoms with Gasteiger partial charge in [0, 0.05) is 6.54 Å². The third-order valence-electron chi connectivity index (χ3n) is 2.69. The zero-order valence-electron chi connectivity index (χ0n) is 9.48. The molecule has 1 aliphatic carbocycles. The first kappa shape index (κ1) is 11.6. The Labute approximate surface area is 99.6 Å². The van der Waals surface area contributed by atoms with Crippen LogP contribution in [-0.2, 0) is 4.79 Å². The summed E-state index contributed by atoms with van der Waals surface area (Å²) in [6, 6.07) is 4.70. The highest BCUT2D eigenvalue weighted by Crippen LogP contribution is 2.30. The SMILES string of the molecule is Nc1c(O)cccc1OCC(=O)NCC1CC1. The average molecular weight is 236 g/mol. The molecule has 0 atom stereocenters. The Morgan fingerprint density at radius 2 is 2.29 bits per heavy atom. The molecule has 1 aromatic rings. The van der Waals surface area contributed by atoms with E-state index in [1.807, 2.05) is 0 Å². The van der Waals surface area contributed by atoms with Crippen molar-refractivity contribution in [2.24, 2.45) is 5.92 Å². The van der Waals surface area contributed by atoms with Crippen LogP contribution in [0.4, 0.5) is 5.69 Å². The third kappa shape index (κ3) is 3.27. The lowest BCUT2D eigenvalue weighted by Gasteiger charge is -2.09. The Kier molecular flexibility index (Phi) is 3.37. The number of phenols is 1. The second-order valence-electron chi connectivity index (χ2n) is 4.23. The maximum absolute atomic E-state index is 11.4. The van der Waals surface area contributed by atoms with Gasteiger partial charge < -0.3 is 20.9 Å². The van der Waals surface area contributed by atoms with Crippen LogP contribution in [0.1, 0.15) is 12.8 Å². The van der Waals surface area contributed by atoms with E-state index in [4.69, 9.17) is 10.5 Å². The third-order valence-corrected chi connectivity index (χ3v) is 2.69. The summed E-state index contributed by atoms with van der Waals surface area (Å²) in [5, 5.41) is 12.1. The van der Waals surface area contributed by atoms with E-state index >= 15 is 0 Å². The van der Waals surface area contributed by atoms with Crippen molar-refractivity contribution in [3.63, 3.8) is 0 Å². The minimum absolute atomic E-state index is 0.0408. The lowest BCUT2D eigenvalue weighted by atomic mass is 10.3. The smallest absolute Gasteiger partial charge is 0.257 e. The number of benzene rings is 1. The van der Waals surface area contributed by atoms with Crippen molar-refractivity contribution in [3.05, 3.63) is 18.2 Å². The van der Waals surface area contributed by atoms with Gasteiger partial charge in [0.1, 0.15) is 17.2 Å². The largest absolute Gasteiger partial charge is 0.506 e. The van der Waals surface area contributed by atoms with E-state index < -0.39 is 0 Å². The molecule has 4 N–H and O–H groups in total. The Bertz CT molecular complexity index is 416. The maximum atomic E-state index is 11.4. The van der Waals surface area contributed by atoms with Gasteiger partial charge in [-0.05, 0) is 30.9 Å². The van der Waals surface area contributed by atoms with E-state index in [-0.39, 0.29) is 24.0 Å². The van der Waals surface area contributed by atoms with Crippen molar-refractivity contribution in [3.8, 4) is 11.5 Å². The van der Waals surface area contributed by atoms with Crippen molar-refractivity contribution in [1.82, 2.24) is 5.32 Å². The van der Waals surface area contributed by atoms with Crippen LogP contribution in [0.15, 0.2) is 18.2 Å². The Hall–Kier alpha value is -1.91. The molecule has 1 aliphatic rings. The quantitative estimate of drug-likeness (QED) is 0.523. The van der Waals surface area contributed by atoms with Crippen molar-refractivity contribution in [2.45, 2.75) is 12.8 Å². The molecule has 0 heterocycles. The van der Waals surface area contributed by atoms with Crippen molar-refractivity contribution in [2.75, 3.05) is 18.9 Å². The van der Waals surface area contributed by atoms with E-state index in [1.165, 1.54) is 18.9 Å². The van der Waals surface area contributed by atoms with Gasteiger partial charge in [-0.3, -0.25) is 4.79 Å². The molecule has 5 nitrogen and oxygen atoms in total. The lowest BCUT2D eigenvalue weighted by molar-refractivity contribution is -0.123. The van der Waals surface area contributed by atoms with Gasteiger partial charge in [0.2, 0.25) is 0 Å². The predicted octanol–water partition coefficient (Wildman–Crippen LogP) is 0.879. The van der Waals surface area contributed by atoms with Gasteiger partial charge in [-0.2, -0.15) is 0 Å². The molecule has 5 heteroatoms. The van der Waals surface area contributed by atoms with Crippen LogP contribution in [0, 0.1) is 5.92 Å². The molecule has 1 aromatic carbocycles. The first-order chi connectivity index (χ1) is 8.16. The van der Waals surface area contributed by atoms with Crippen LogP contribution in [0.5, 0.6) is 11.5 Å². The molecule has 0 radical (unpaired) electrons. The minimum Gasteiger partial charge on any atom is -0.506 e. The summed E-state index contributed by atoms with van der Waals surface area (Å²) in [5.41, 5.74) is 5.75. The van der Waals surface area contributed by atoms with Crippen molar-refractivity contribution >= 4 is 11.6 Å². The number of rotatable bonds is 5. The number of ether oxygens (including phenoxy) is 1. The number of nitrogens with two attached hydrogens (primary N) is 1. The van der Waals surface area contributed by atoms with Crippen LogP contribution < -0.4 is 15.8 Å². The molecule has 0 spiro atoms. The summed E-state index contributed by atoms with van der Waals surface area (Å²) < 4.78 is 5.24. The fourth-order valence-electron chi connectivity index (χ4n) is 1.43. The Morgan fingerprint density at radius 3 is 3.00 bits per heavy atom. The molecular formula is C12H16N2O3. The number of aromatic hydroxyl groups is 1. The molecule has 0 aromatic heterocycles. The monoisotopic (exact) mass is 236 g/mol. The number of nitrogens with one attached hydrogen (secondary N) is 1. The molecule has 17 heavy (non-hydrogen) atoms. The van der Waals surface area contributed by atoms with Gasteiger partial charge in [-0.25, -0.2) is 0 Å². The van der Waals surface area contributed by atoms with Crippen LogP contribution in [-0.4, -0.2) is 24.2 Å². The molecule has 92 valence electrons. The number of para-hydroxylation sites is 1. The highest BCUT2D eigenvalue weighted by Gasteiger charge is 2.21. The Morgan fingerprint density at radius 1 is 1.53 bits per heavy atom. The molecule has 1 saturated carbocycles. The number of carbonyl (C=O) groups excluding carboxylic acids is 1. The molecular weight excluding hydrogens is 220 g/mol. The molecule has 1 amide bonds. The van der Waals surface area contributed by atoms with Crippen molar-refractivity contribution < 1.29 is 14.6 Å². The topological polar surface area (TPSA) is 84.6 Å². The average Bonchev–Trinajstić information content (AvgIpc) is 3.12. The molecule has 0 bridgehead atoms. The maximum Gasteiger partial charge on any atom is 0.257 e. The normalized spacial score (nSPS) is 14.4. The van der Waals surface area contributed by atoms with Crippen LogP contribution in [0.2, 0.25) is 0 Å². The number of hydrogen-bond donors (Lipinski definition) is 3. The lowest BCUT2D eigenvalue weighted by Crippen LogP contribution is -2.30. The summed E-state index contributed by atoms with van der Waals surface area (Å²) in [6.45, 7) is 0.637. The van der Waals surface area contributed by atoms with Gasteiger partial charge >= 0.3 is 0 Å². The summed E-state index contributed by atoms with van der Waals surface area (Å²) in [5.74, 6) is 0.761. The fourth-order valence-corrected chi connectivity index (χ4v) is 1.43. The highest BCUT2D eigenvalue weighted by molar-refractivity contribution is 5.78. The number of anilines is 1. The van der Waals surface area contributed by atoms with E-state index in [9.17, 15) is 9.90 Å². The highest BCUT2D eigenvalue weighted by atomic mass is 16.5. The number of hydrogen-bond acceptors (Lipinski definition) is 4. The number of carbonyl (C=O) groups is 1. The van der Waals surface area contributed by atoms with Crippen LogP contribution in [0.3, 0.4) is 0 Å². The first-order valence-electron chi connectivity index (χ1n) is 5.64. The number of nitrogen functional groups attached to an aromatic ring is 1. The summed E-state index contributed by atoms with van der Waals surface area (Å²) in [7, 11) is 0. The summed E-state index contributed by atoms with van der Waals surface area (Å²) in [4.78, 5) is 11.4. The van der Waals surface area contributed by atoms with E-state index in [2.05, 4.69) is 5.32 Å². The Balaban J connectivity index is 1.79. The van der Waals surface area contributed by atoms with Crippen LogP contribution in [0.25, 0.3) is 0 Å². The molecule has 1 fully saturated rings. The van der Waals surface area contributed by atoms with E-state index in [1.54, 1.807) is 12.1 Å². The van der Waals surface area contributed by atoms with Gasteiger partial charge in [0.05, 0.1) is 0 Å². The second-order valence-corrected chi connectivity index (χ2v) is 4.23. The van der Waals surface area contributed by atoms with E-state index in [0.717, 1.165) is 6.54 Å². The molecule has 0 aliphatic heterocycles. The summed E-state index contributed by atoms with van der Waals surface area (Å²) >= 11 is 0. The zero-order valence-corrected chi connectivity index (χ0v) is 9.48. The fraction of sp³-hybridized carbons (Fsp3) is 0.417. The van der Waals surface area contributed by atoms with Gasteiger partial charge in [-0.15, -0.1) is 0 Å². The molecule has 0 saturated heterocycles. The minimum atomic E-state index is -0.167. The van der Waals surface area contributed by atoms with Crippen molar-refractivity contribution in [1.29, 1.82) is 0 Å². The molecule has 2 rings (SSSR count). The predicted molar refractivity (Wildman–Crippen MR) is 63.7 cm³/mol. The standard InChI is InChI=1S/C12H16N2O3/c13-12-9(15)2-1-3-10(12)17-7-11(16)14-6-8-4-5-8/h1-3,8,15H,4-7,13H2,(H,14,16). The van der Waals surface area contributed by atoms with Gasteiger partial charge in [-0.1, -0.05) is 6.07 Å². The number of amides is 1. The first-order valence-corrected chi connectivity index (χ1v) is 5.64. The number of phenolic OH excluding ortho intramolecular Hbond substituents is 1. The van der Waals surface area contributed by atoms with Gasteiger partial charge in [0.15, 0.2) is 6.61 Å². The zero-order chi connectivity index (χ0) is 12.3. The van der Waals surface area contributed by atoms with E-state index in [0.29, 0.717) is 11.7 Å². The summed E-state index contributed by atoms with van der Waals surface area (Å²) in [6.07, 6.45) is 2.39. The van der Waals surface area contributed by atoms with Gasteiger partial charge in [0.25, 0.3) is 5.91 Å².